The van der Waals surface area contributed by atoms with Gasteiger partial charge in [0.05, 0.1) is 10.6 Å². The molecule has 14 heteroatoms. The smallest absolute Gasteiger partial charge is 0.331 e. The Morgan fingerprint density at radius 3 is 2.31 bits per heavy atom. The molecule has 0 aliphatic carbocycles. The van der Waals surface area contributed by atoms with Crippen LogP contribution < -0.4 is 16.0 Å². The van der Waals surface area contributed by atoms with E-state index >= 15 is 0 Å². The van der Waals surface area contributed by atoms with Gasteiger partial charge in [-0.25, -0.2) is 19.6 Å². The summed E-state index contributed by atoms with van der Waals surface area (Å²) in [5, 5.41) is 14.2. The minimum Gasteiger partial charge on any atom is -0.331 e. The van der Waals surface area contributed by atoms with Crippen molar-refractivity contribution in [3.63, 3.8) is 0 Å². The molecule has 0 aliphatic rings. The highest BCUT2D eigenvalue weighted by atomic mass is 35.5. The predicted molar refractivity (Wildman–Crippen MR) is 129 cm³/mol. The van der Waals surface area contributed by atoms with E-state index in [0.717, 1.165) is 12.1 Å². The Kier molecular flexibility index (Phi) is 6.66. The van der Waals surface area contributed by atoms with Crippen LogP contribution in [-0.4, -0.2) is 51.2 Å². The molecule has 0 fully saturated rings. The second-order valence-electron chi connectivity index (χ2n) is 7.69. The zero-order chi connectivity index (χ0) is 26.0. The van der Waals surface area contributed by atoms with E-state index < -0.39 is 22.8 Å². The van der Waals surface area contributed by atoms with Crippen molar-refractivity contribution in [1.29, 1.82) is 0 Å². The molecule has 4 amide bonds. The van der Waals surface area contributed by atoms with E-state index in [0.29, 0.717) is 28.0 Å². The number of alkyl halides is 3. The Bertz CT molecular complexity index is 1440. The molecule has 2 aromatic heterocycles. The topological polar surface area (TPSA) is 128 Å². The molecule has 0 spiro atoms. The number of aromatic nitrogens is 4. The van der Waals surface area contributed by atoms with Gasteiger partial charge in [0.2, 0.25) is 0 Å². The van der Waals surface area contributed by atoms with Gasteiger partial charge in [-0.2, -0.15) is 18.3 Å². The molecule has 2 aromatic carbocycles. The summed E-state index contributed by atoms with van der Waals surface area (Å²) in [6.45, 7) is 0. The number of anilines is 3. The van der Waals surface area contributed by atoms with E-state index in [4.69, 9.17) is 11.6 Å². The summed E-state index contributed by atoms with van der Waals surface area (Å²) in [5.74, 6) is 0.267. The number of benzene rings is 2. The Morgan fingerprint density at radius 1 is 0.972 bits per heavy atom. The zero-order valence-electron chi connectivity index (χ0n) is 18.7. The third kappa shape index (κ3) is 5.30. The number of nitrogens with zero attached hydrogens (tertiary/aromatic N) is 4. The van der Waals surface area contributed by atoms with Crippen molar-refractivity contribution in [3.05, 3.63) is 59.4 Å². The van der Waals surface area contributed by atoms with Crippen LogP contribution in [0.15, 0.2) is 48.8 Å². The maximum atomic E-state index is 13.0. The first kappa shape index (κ1) is 24.7. The number of aromatic amines is 1. The molecule has 4 rings (SSSR count). The van der Waals surface area contributed by atoms with Crippen molar-refractivity contribution in [3.8, 4) is 11.3 Å². The summed E-state index contributed by atoms with van der Waals surface area (Å²) >= 11 is 5.60. The van der Waals surface area contributed by atoms with Crippen LogP contribution in [0.5, 0.6) is 0 Å². The number of amides is 4. The third-order valence-corrected chi connectivity index (χ3v) is 5.26. The highest BCUT2D eigenvalue weighted by Gasteiger charge is 2.33. The Morgan fingerprint density at radius 2 is 1.64 bits per heavy atom. The van der Waals surface area contributed by atoms with Gasteiger partial charge in [0.15, 0.2) is 5.82 Å². The lowest BCUT2D eigenvalue weighted by atomic mass is 10.1. The summed E-state index contributed by atoms with van der Waals surface area (Å²) in [4.78, 5) is 33.9. The van der Waals surface area contributed by atoms with Crippen molar-refractivity contribution in [2.24, 2.45) is 0 Å². The molecule has 0 radical (unpaired) electrons. The van der Waals surface area contributed by atoms with Crippen LogP contribution >= 0.6 is 11.6 Å². The number of hydrogen-bond acceptors (Lipinski definition) is 5. The highest BCUT2D eigenvalue weighted by molar-refractivity contribution is 6.31. The first-order valence-corrected chi connectivity index (χ1v) is 10.6. The second kappa shape index (κ2) is 9.70. The molecular weight excluding hydrogens is 501 g/mol. The molecule has 0 saturated heterocycles. The van der Waals surface area contributed by atoms with Gasteiger partial charge in [-0.05, 0) is 30.3 Å². The van der Waals surface area contributed by atoms with E-state index in [1.807, 2.05) is 0 Å². The average Bonchev–Trinajstić information content (AvgIpc) is 3.25. The summed E-state index contributed by atoms with van der Waals surface area (Å²) < 4.78 is 39.1. The van der Waals surface area contributed by atoms with Crippen LogP contribution in [-0.2, 0) is 6.18 Å². The van der Waals surface area contributed by atoms with E-state index in [1.54, 1.807) is 38.4 Å². The summed E-state index contributed by atoms with van der Waals surface area (Å²) in [5.41, 5.74) is 1.32. The summed E-state index contributed by atoms with van der Waals surface area (Å²) in [6.07, 6.45) is -3.35. The number of rotatable bonds is 4. The lowest BCUT2D eigenvalue weighted by Gasteiger charge is -2.12. The molecule has 36 heavy (non-hydrogen) atoms. The van der Waals surface area contributed by atoms with Crippen LogP contribution in [0, 0.1) is 0 Å². The van der Waals surface area contributed by atoms with E-state index in [2.05, 4.69) is 36.1 Å². The standard InChI is InChI=1S/C22H18ClF3N8O2/c1-34(2)21(36)31-19-18-17(27-10-28-19)16(32-33-18)11-3-5-12(6-4-11)29-20(35)30-13-7-8-15(23)14(9-13)22(24,25)26/h3-10H,1-2H3,(H,32,33)(H2,29,30,35)(H,27,28,31,36). The lowest BCUT2D eigenvalue weighted by Crippen LogP contribution is -2.27. The van der Waals surface area contributed by atoms with Crippen molar-refractivity contribution >= 4 is 51.9 Å². The number of carbonyl (C=O) groups excluding carboxylic acids is 2. The molecule has 2 heterocycles. The van der Waals surface area contributed by atoms with Crippen LogP contribution in [0.25, 0.3) is 22.3 Å². The van der Waals surface area contributed by atoms with Gasteiger partial charge in [-0.3, -0.25) is 10.4 Å². The second-order valence-corrected chi connectivity index (χ2v) is 8.10. The van der Waals surface area contributed by atoms with Crippen molar-refractivity contribution in [1.82, 2.24) is 25.1 Å². The van der Waals surface area contributed by atoms with Gasteiger partial charge in [0, 0.05) is 31.0 Å². The first-order valence-electron chi connectivity index (χ1n) is 10.3. The highest BCUT2D eigenvalue weighted by Crippen LogP contribution is 2.36. The van der Waals surface area contributed by atoms with Gasteiger partial charge < -0.3 is 15.5 Å². The first-order chi connectivity index (χ1) is 17.0. The van der Waals surface area contributed by atoms with Crippen LogP contribution in [0.1, 0.15) is 5.56 Å². The monoisotopic (exact) mass is 518 g/mol. The molecule has 0 aliphatic heterocycles. The molecule has 0 atom stereocenters. The quantitative estimate of drug-likeness (QED) is 0.286. The molecule has 4 N–H and O–H groups in total. The van der Waals surface area contributed by atoms with Crippen LogP contribution in [0.2, 0.25) is 5.02 Å². The number of H-pyrrole nitrogens is 1. The summed E-state index contributed by atoms with van der Waals surface area (Å²) in [7, 11) is 3.19. The normalized spacial score (nSPS) is 11.3. The predicted octanol–water partition coefficient (Wildman–Crippen LogP) is 5.43. The van der Waals surface area contributed by atoms with E-state index in [-0.39, 0.29) is 17.5 Å². The number of hydrogen-bond donors (Lipinski definition) is 4. The number of urea groups is 2. The average molecular weight is 519 g/mol. The number of halogens is 4. The fraction of sp³-hybridized carbons (Fsp3) is 0.136. The van der Waals surface area contributed by atoms with Crippen LogP contribution in [0.3, 0.4) is 0 Å². The molecule has 10 nitrogen and oxygen atoms in total. The largest absolute Gasteiger partial charge is 0.417 e. The molecule has 4 aromatic rings. The van der Waals surface area contributed by atoms with Crippen molar-refractivity contribution < 1.29 is 22.8 Å². The Balaban J connectivity index is 1.48. The van der Waals surface area contributed by atoms with Gasteiger partial charge in [0.25, 0.3) is 0 Å². The number of nitrogens with one attached hydrogen (secondary N) is 4. The van der Waals surface area contributed by atoms with Crippen LogP contribution in [0.4, 0.5) is 40.0 Å². The van der Waals surface area contributed by atoms with Gasteiger partial charge >= 0.3 is 18.2 Å². The molecular formula is C22H18ClF3N8O2. The minimum atomic E-state index is -4.65. The minimum absolute atomic E-state index is 0.0688. The number of carbonyl (C=O) groups is 2. The molecule has 0 bridgehead atoms. The zero-order valence-corrected chi connectivity index (χ0v) is 19.5. The Labute approximate surface area is 206 Å². The number of fused-ring (bicyclic) bond motifs is 1. The van der Waals surface area contributed by atoms with Gasteiger partial charge in [-0.1, -0.05) is 23.7 Å². The van der Waals surface area contributed by atoms with Gasteiger partial charge in [-0.15, -0.1) is 0 Å². The van der Waals surface area contributed by atoms with Gasteiger partial charge in [0.1, 0.15) is 23.1 Å². The van der Waals surface area contributed by atoms with Crippen molar-refractivity contribution in [2.45, 2.75) is 6.18 Å². The summed E-state index contributed by atoms with van der Waals surface area (Å²) in [6, 6.07) is 8.51. The fourth-order valence-electron chi connectivity index (χ4n) is 3.17. The third-order valence-electron chi connectivity index (χ3n) is 4.93. The fourth-order valence-corrected chi connectivity index (χ4v) is 3.39. The van der Waals surface area contributed by atoms with E-state index in [9.17, 15) is 22.8 Å². The van der Waals surface area contributed by atoms with Crippen molar-refractivity contribution in [2.75, 3.05) is 30.0 Å². The molecule has 0 saturated carbocycles. The SMILES string of the molecule is CN(C)C(=O)Nc1ncnc2c(-c3ccc(NC(=O)Nc4ccc(Cl)c(C(F)(F)F)c4)cc3)n[nH]c12. The molecule has 186 valence electrons. The molecule has 0 unspecified atom stereocenters. The maximum Gasteiger partial charge on any atom is 0.417 e. The maximum absolute atomic E-state index is 13.0. The van der Waals surface area contributed by atoms with E-state index in [1.165, 1.54) is 17.3 Å². The Hall–Kier alpha value is -4.39. The lowest BCUT2D eigenvalue weighted by molar-refractivity contribution is -0.137.